The van der Waals surface area contributed by atoms with Crippen LogP contribution in [0.5, 0.6) is 0 Å². The highest BCUT2D eigenvalue weighted by Crippen LogP contribution is 2.44. The SMILES string of the molecule is O=C([O-])CC1(CC(=O)Nc2ccc(Cl)cc2)CCCC1. The van der Waals surface area contributed by atoms with Crippen molar-refractivity contribution < 1.29 is 14.7 Å². The molecule has 1 aliphatic rings. The zero-order valence-corrected chi connectivity index (χ0v) is 11.9. The summed E-state index contributed by atoms with van der Waals surface area (Å²) in [5.74, 6) is -1.23. The maximum absolute atomic E-state index is 12.1. The van der Waals surface area contributed by atoms with Gasteiger partial charge in [0.2, 0.25) is 5.91 Å². The molecule has 5 heteroatoms. The van der Waals surface area contributed by atoms with Gasteiger partial charge in [-0.05, 0) is 48.9 Å². The molecule has 0 spiro atoms. The van der Waals surface area contributed by atoms with Crippen LogP contribution in [0.15, 0.2) is 24.3 Å². The molecule has 1 aromatic rings. The summed E-state index contributed by atoms with van der Waals surface area (Å²) in [5.41, 5.74) is 0.232. The number of carboxylic acid groups (broad SMARTS) is 1. The largest absolute Gasteiger partial charge is 0.550 e. The highest BCUT2D eigenvalue weighted by molar-refractivity contribution is 6.30. The Balaban J connectivity index is 1.98. The second-order valence-electron chi connectivity index (χ2n) is 5.49. The lowest BCUT2D eigenvalue weighted by Gasteiger charge is -2.28. The van der Waals surface area contributed by atoms with Gasteiger partial charge in [0.1, 0.15) is 0 Å². The Morgan fingerprint density at radius 3 is 2.30 bits per heavy atom. The molecule has 0 unspecified atom stereocenters. The van der Waals surface area contributed by atoms with Gasteiger partial charge >= 0.3 is 0 Å². The van der Waals surface area contributed by atoms with Gasteiger partial charge in [-0.25, -0.2) is 0 Å². The number of carboxylic acids is 1. The number of anilines is 1. The summed E-state index contributed by atoms with van der Waals surface area (Å²) in [6.45, 7) is 0. The lowest BCUT2D eigenvalue weighted by Crippen LogP contribution is -2.33. The summed E-state index contributed by atoms with van der Waals surface area (Å²) < 4.78 is 0. The van der Waals surface area contributed by atoms with E-state index in [9.17, 15) is 14.7 Å². The number of hydrogen-bond acceptors (Lipinski definition) is 3. The van der Waals surface area contributed by atoms with E-state index in [1.807, 2.05) is 0 Å². The summed E-state index contributed by atoms with van der Waals surface area (Å²) in [4.78, 5) is 23.0. The molecule has 0 saturated heterocycles. The Bertz CT molecular complexity index is 492. The van der Waals surface area contributed by atoms with Crippen LogP contribution in [0.25, 0.3) is 0 Å². The molecule has 1 saturated carbocycles. The van der Waals surface area contributed by atoms with E-state index in [4.69, 9.17) is 11.6 Å². The van der Waals surface area contributed by atoms with Gasteiger partial charge in [-0.2, -0.15) is 0 Å². The number of hydrogen-bond donors (Lipinski definition) is 1. The molecule has 20 heavy (non-hydrogen) atoms. The number of benzene rings is 1. The van der Waals surface area contributed by atoms with E-state index >= 15 is 0 Å². The number of amides is 1. The van der Waals surface area contributed by atoms with E-state index in [0.29, 0.717) is 10.7 Å². The molecular formula is C15H17ClNO3-. The maximum atomic E-state index is 12.1. The number of halogens is 1. The van der Waals surface area contributed by atoms with Gasteiger partial charge in [-0.15, -0.1) is 0 Å². The summed E-state index contributed by atoms with van der Waals surface area (Å²) in [5, 5.41) is 14.3. The molecule has 0 aromatic heterocycles. The van der Waals surface area contributed by atoms with E-state index in [-0.39, 0.29) is 18.7 Å². The monoisotopic (exact) mass is 294 g/mol. The molecule has 0 radical (unpaired) electrons. The maximum Gasteiger partial charge on any atom is 0.224 e. The quantitative estimate of drug-likeness (QED) is 0.906. The van der Waals surface area contributed by atoms with Gasteiger partial charge in [0.05, 0.1) is 0 Å². The van der Waals surface area contributed by atoms with Crippen LogP contribution in [-0.2, 0) is 9.59 Å². The predicted molar refractivity (Wildman–Crippen MR) is 75.2 cm³/mol. The molecule has 1 aromatic carbocycles. The number of carbonyl (C=O) groups is 2. The number of carbonyl (C=O) groups excluding carboxylic acids is 2. The minimum absolute atomic E-state index is 0.0406. The van der Waals surface area contributed by atoms with Crippen molar-refractivity contribution in [2.75, 3.05) is 5.32 Å². The van der Waals surface area contributed by atoms with Gasteiger partial charge in [0, 0.05) is 23.1 Å². The minimum atomic E-state index is -1.08. The Morgan fingerprint density at radius 1 is 1.15 bits per heavy atom. The van der Waals surface area contributed by atoms with E-state index in [1.54, 1.807) is 24.3 Å². The summed E-state index contributed by atoms with van der Waals surface area (Å²) in [6, 6.07) is 6.84. The van der Waals surface area contributed by atoms with Crippen molar-refractivity contribution in [1.82, 2.24) is 0 Å². The van der Waals surface area contributed by atoms with Crippen molar-refractivity contribution in [3.05, 3.63) is 29.3 Å². The first-order valence-corrected chi connectivity index (χ1v) is 7.12. The normalized spacial score (nSPS) is 16.9. The third kappa shape index (κ3) is 3.97. The lowest BCUT2D eigenvalue weighted by atomic mass is 9.79. The van der Waals surface area contributed by atoms with Gasteiger partial charge in [0.25, 0.3) is 0 Å². The van der Waals surface area contributed by atoms with Crippen LogP contribution in [0.3, 0.4) is 0 Å². The molecule has 1 amide bonds. The average Bonchev–Trinajstić information content (AvgIpc) is 2.79. The molecule has 2 rings (SSSR count). The third-order valence-corrected chi connectivity index (χ3v) is 4.10. The van der Waals surface area contributed by atoms with Crippen LogP contribution in [0.4, 0.5) is 5.69 Å². The van der Waals surface area contributed by atoms with Crippen LogP contribution < -0.4 is 10.4 Å². The zero-order chi connectivity index (χ0) is 14.6. The van der Waals surface area contributed by atoms with Crippen LogP contribution >= 0.6 is 11.6 Å². The van der Waals surface area contributed by atoms with Crippen LogP contribution in [0.1, 0.15) is 38.5 Å². The average molecular weight is 295 g/mol. The third-order valence-electron chi connectivity index (χ3n) is 3.85. The van der Waals surface area contributed by atoms with E-state index in [1.165, 1.54) is 0 Å². The number of nitrogens with one attached hydrogen (secondary N) is 1. The molecule has 1 fully saturated rings. The van der Waals surface area contributed by atoms with Crippen molar-refractivity contribution in [3.63, 3.8) is 0 Å². The second kappa shape index (κ2) is 6.27. The Morgan fingerprint density at radius 2 is 1.75 bits per heavy atom. The highest BCUT2D eigenvalue weighted by atomic mass is 35.5. The standard InChI is InChI=1S/C15H18ClNO3/c16-11-3-5-12(6-4-11)17-13(18)9-15(10-14(19)20)7-1-2-8-15/h3-6H,1-2,7-10H2,(H,17,18)(H,19,20)/p-1. The molecule has 0 atom stereocenters. The summed E-state index contributed by atoms with van der Waals surface area (Å²) in [7, 11) is 0. The smallest absolute Gasteiger partial charge is 0.224 e. The molecule has 1 N–H and O–H groups in total. The summed E-state index contributed by atoms with van der Waals surface area (Å²) >= 11 is 5.78. The van der Waals surface area contributed by atoms with Crippen molar-refractivity contribution in [2.24, 2.45) is 5.41 Å². The first kappa shape index (κ1) is 14.9. The predicted octanol–water partition coefficient (Wildman–Crippen LogP) is 2.37. The van der Waals surface area contributed by atoms with Crippen molar-refractivity contribution in [3.8, 4) is 0 Å². The molecule has 4 nitrogen and oxygen atoms in total. The van der Waals surface area contributed by atoms with E-state index in [0.717, 1.165) is 25.7 Å². The fraction of sp³-hybridized carbons (Fsp3) is 0.467. The fourth-order valence-electron chi connectivity index (χ4n) is 2.93. The van der Waals surface area contributed by atoms with E-state index in [2.05, 4.69) is 5.32 Å². The molecule has 0 heterocycles. The molecule has 108 valence electrons. The lowest BCUT2D eigenvalue weighted by molar-refractivity contribution is -0.308. The van der Waals surface area contributed by atoms with Crippen molar-refractivity contribution in [2.45, 2.75) is 38.5 Å². The molecule has 1 aliphatic carbocycles. The van der Waals surface area contributed by atoms with Gasteiger partial charge in [-0.3, -0.25) is 4.79 Å². The first-order chi connectivity index (χ1) is 9.49. The number of aliphatic carboxylic acids is 1. The number of rotatable bonds is 5. The van der Waals surface area contributed by atoms with Crippen molar-refractivity contribution in [1.29, 1.82) is 0 Å². The van der Waals surface area contributed by atoms with Gasteiger partial charge in [-0.1, -0.05) is 24.4 Å². The van der Waals surface area contributed by atoms with E-state index < -0.39 is 11.4 Å². The van der Waals surface area contributed by atoms with Gasteiger partial charge < -0.3 is 15.2 Å². The topological polar surface area (TPSA) is 69.2 Å². The summed E-state index contributed by atoms with van der Waals surface area (Å²) in [6.07, 6.45) is 3.68. The Labute approximate surface area is 123 Å². The fourth-order valence-corrected chi connectivity index (χ4v) is 3.05. The van der Waals surface area contributed by atoms with Crippen molar-refractivity contribution >= 4 is 29.2 Å². The zero-order valence-electron chi connectivity index (χ0n) is 11.2. The van der Waals surface area contributed by atoms with Crippen LogP contribution in [0.2, 0.25) is 5.02 Å². The van der Waals surface area contributed by atoms with Gasteiger partial charge in [0.15, 0.2) is 0 Å². The van der Waals surface area contributed by atoms with Crippen LogP contribution in [-0.4, -0.2) is 11.9 Å². The highest BCUT2D eigenvalue weighted by Gasteiger charge is 2.35. The molecular weight excluding hydrogens is 278 g/mol. The first-order valence-electron chi connectivity index (χ1n) is 6.74. The molecule has 0 aliphatic heterocycles. The second-order valence-corrected chi connectivity index (χ2v) is 5.92. The molecule has 0 bridgehead atoms. The minimum Gasteiger partial charge on any atom is -0.550 e. The Hall–Kier alpha value is -1.55. The Kier molecular flexibility index (Phi) is 4.65. The van der Waals surface area contributed by atoms with Crippen LogP contribution in [0, 0.1) is 5.41 Å².